The van der Waals surface area contributed by atoms with Gasteiger partial charge in [0, 0.05) is 50.0 Å². The van der Waals surface area contributed by atoms with Crippen LogP contribution in [-0.2, 0) is 12.1 Å². The van der Waals surface area contributed by atoms with Crippen molar-refractivity contribution in [3.8, 4) is 0 Å². The van der Waals surface area contributed by atoms with Crippen LogP contribution in [0.3, 0.4) is 0 Å². The number of hydrogen-bond acceptors (Lipinski definition) is 6. The van der Waals surface area contributed by atoms with Crippen molar-refractivity contribution >= 4 is 11.6 Å². The smallest absolute Gasteiger partial charge is 0.198 e. The summed E-state index contributed by atoms with van der Waals surface area (Å²) in [7, 11) is 0. The van der Waals surface area contributed by atoms with E-state index < -0.39 is 5.54 Å². The number of hydrogen-bond donors (Lipinski definition) is 0. The lowest BCUT2D eigenvalue weighted by Crippen LogP contribution is -2.60. The lowest BCUT2D eigenvalue weighted by Gasteiger charge is -2.43. The zero-order valence-corrected chi connectivity index (χ0v) is 18.7. The summed E-state index contributed by atoms with van der Waals surface area (Å²) in [4.78, 5) is 40.6. The van der Waals surface area contributed by atoms with Gasteiger partial charge in [0.1, 0.15) is 5.82 Å². The van der Waals surface area contributed by atoms with Crippen LogP contribution in [0.5, 0.6) is 0 Å². The Labute approximate surface area is 192 Å². The summed E-state index contributed by atoms with van der Waals surface area (Å²) in [5.41, 5.74) is 2.40. The maximum atomic E-state index is 13.8. The molecule has 33 heavy (non-hydrogen) atoms. The van der Waals surface area contributed by atoms with Gasteiger partial charge in [0.2, 0.25) is 0 Å². The summed E-state index contributed by atoms with van der Waals surface area (Å²) >= 11 is 0. The monoisotopic (exact) mass is 444 g/mol. The molecule has 0 bridgehead atoms. The van der Waals surface area contributed by atoms with E-state index in [-0.39, 0.29) is 17.4 Å². The summed E-state index contributed by atoms with van der Waals surface area (Å²) in [5, 5.41) is 0. The Kier molecular flexibility index (Phi) is 5.38. The molecule has 0 amide bonds. The molecule has 0 atom stereocenters. The number of carbonyl (C=O) groups is 2. The second-order valence-corrected chi connectivity index (χ2v) is 8.79. The van der Waals surface area contributed by atoms with E-state index in [0.29, 0.717) is 55.2 Å². The second kappa shape index (κ2) is 8.24. The van der Waals surface area contributed by atoms with Crippen LogP contribution < -0.4 is 0 Å². The fourth-order valence-corrected chi connectivity index (χ4v) is 4.98. The predicted octanol–water partition coefficient (Wildman–Crippen LogP) is 3.32. The van der Waals surface area contributed by atoms with Gasteiger partial charge in [0.25, 0.3) is 0 Å². The zero-order chi connectivity index (χ0) is 23.2. The molecule has 0 unspecified atom stereocenters. The van der Waals surface area contributed by atoms with Crippen molar-refractivity contribution in [2.75, 3.05) is 26.2 Å². The second-order valence-electron chi connectivity index (χ2n) is 8.79. The number of aryl methyl sites for hydroxylation is 2. The molecule has 3 aromatic rings. The number of aromatic nitrogens is 2. The number of Topliss-reactive ketones (excluding diaryl/α,β-unsaturated/α-hetero) is 2. The first kappa shape index (κ1) is 21.6. The van der Waals surface area contributed by atoms with Crippen LogP contribution in [0.15, 0.2) is 54.9 Å². The maximum Gasteiger partial charge on any atom is 0.198 e. The topological polar surface area (TPSA) is 66.4 Å². The van der Waals surface area contributed by atoms with Crippen molar-refractivity contribution in [3.63, 3.8) is 0 Å². The molecule has 5 rings (SSSR count). The highest BCUT2D eigenvalue weighted by Gasteiger charge is 2.59. The van der Waals surface area contributed by atoms with E-state index in [1.165, 1.54) is 12.3 Å². The van der Waals surface area contributed by atoms with Crippen molar-refractivity contribution in [1.82, 2.24) is 19.8 Å². The largest absolute Gasteiger partial charge is 0.297 e. The minimum atomic E-state index is -1.50. The third kappa shape index (κ3) is 3.48. The van der Waals surface area contributed by atoms with Crippen molar-refractivity contribution in [2.24, 2.45) is 0 Å². The van der Waals surface area contributed by atoms with Gasteiger partial charge in [0.15, 0.2) is 17.1 Å². The highest BCUT2D eigenvalue weighted by Crippen LogP contribution is 2.42. The van der Waals surface area contributed by atoms with Crippen LogP contribution in [-0.4, -0.2) is 57.5 Å². The first-order valence-corrected chi connectivity index (χ1v) is 11.1. The molecule has 2 heterocycles. The van der Waals surface area contributed by atoms with E-state index in [4.69, 9.17) is 0 Å². The molecular weight excluding hydrogens is 419 g/mol. The van der Waals surface area contributed by atoms with Gasteiger partial charge in [-0.1, -0.05) is 30.3 Å². The summed E-state index contributed by atoms with van der Waals surface area (Å²) in [6.07, 6.45) is 3.16. The maximum absolute atomic E-state index is 13.8. The van der Waals surface area contributed by atoms with Gasteiger partial charge in [-0.15, -0.1) is 0 Å². The van der Waals surface area contributed by atoms with Gasteiger partial charge in [-0.3, -0.25) is 29.4 Å². The number of halogens is 1. The van der Waals surface area contributed by atoms with E-state index >= 15 is 0 Å². The highest BCUT2D eigenvalue weighted by atomic mass is 19.1. The fraction of sp³-hybridized carbons (Fsp3) is 0.308. The lowest BCUT2D eigenvalue weighted by atomic mass is 9.86. The molecular formula is C26H25FN4O2. The Morgan fingerprint density at radius 3 is 2.24 bits per heavy atom. The first-order valence-electron chi connectivity index (χ1n) is 11.1. The van der Waals surface area contributed by atoms with E-state index in [2.05, 4.69) is 14.9 Å². The van der Waals surface area contributed by atoms with Crippen molar-refractivity contribution in [1.29, 1.82) is 0 Å². The molecule has 168 valence electrons. The fourth-order valence-electron chi connectivity index (χ4n) is 4.98. The van der Waals surface area contributed by atoms with Crippen LogP contribution in [0.25, 0.3) is 0 Å². The van der Waals surface area contributed by atoms with Gasteiger partial charge >= 0.3 is 0 Å². The zero-order valence-electron chi connectivity index (χ0n) is 18.7. The number of ketones is 2. The number of piperazine rings is 1. The van der Waals surface area contributed by atoms with E-state index in [9.17, 15) is 14.0 Å². The molecule has 0 N–H and O–H groups in total. The minimum absolute atomic E-state index is 0.238. The first-order chi connectivity index (χ1) is 15.9. The number of carbonyl (C=O) groups excluding carboxylic acids is 2. The SMILES string of the molecule is Cc1cncc(C2(N3CCN(Cc4cc(F)ccc4C)CC3)C(=O)c3ccccc3C2=O)n1. The number of fused-ring (bicyclic) bond motifs is 1. The number of nitrogens with zero attached hydrogens (tertiary/aromatic N) is 4. The molecule has 2 aromatic carbocycles. The summed E-state index contributed by atoms with van der Waals surface area (Å²) in [6, 6.07) is 11.8. The average molecular weight is 445 g/mol. The van der Waals surface area contributed by atoms with Gasteiger partial charge in [-0.2, -0.15) is 0 Å². The Balaban J connectivity index is 1.47. The molecule has 1 aliphatic heterocycles. The van der Waals surface area contributed by atoms with Crippen molar-refractivity contribution < 1.29 is 14.0 Å². The van der Waals surface area contributed by atoms with E-state index in [1.807, 2.05) is 11.8 Å². The van der Waals surface area contributed by atoms with Crippen LogP contribution >= 0.6 is 0 Å². The summed E-state index contributed by atoms with van der Waals surface area (Å²) in [5.74, 6) is -0.721. The van der Waals surface area contributed by atoms with Gasteiger partial charge in [0.05, 0.1) is 17.6 Å². The molecule has 7 heteroatoms. The van der Waals surface area contributed by atoms with Crippen LogP contribution in [0.4, 0.5) is 4.39 Å². The van der Waals surface area contributed by atoms with Crippen LogP contribution in [0, 0.1) is 19.7 Å². The number of benzene rings is 2. The molecule has 1 aliphatic carbocycles. The molecule has 0 saturated carbocycles. The van der Waals surface area contributed by atoms with Gasteiger partial charge in [-0.25, -0.2) is 4.39 Å². The normalized spacial score (nSPS) is 18.5. The predicted molar refractivity (Wildman–Crippen MR) is 122 cm³/mol. The third-order valence-electron chi connectivity index (χ3n) is 6.75. The van der Waals surface area contributed by atoms with Crippen LogP contribution in [0.1, 0.15) is 43.2 Å². The van der Waals surface area contributed by atoms with Crippen LogP contribution in [0.2, 0.25) is 0 Å². The molecule has 6 nitrogen and oxygen atoms in total. The van der Waals surface area contributed by atoms with Gasteiger partial charge < -0.3 is 0 Å². The van der Waals surface area contributed by atoms with Crippen molar-refractivity contribution in [3.05, 3.63) is 94.3 Å². The Morgan fingerprint density at radius 1 is 0.939 bits per heavy atom. The summed E-state index contributed by atoms with van der Waals surface area (Å²) in [6.45, 7) is 6.72. The average Bonchev–Trinajstić information content (AvgIpc) is 3.05. The van der Waals surface area contributed by atoms with Gasteiger partial charge in [-0.05, 0) is 37.1 Å². The molecule has 0 spiro atoms. The van der Waals surface area contributed by atoms with Crippen molar-refractivity contribution in [2.45, 2.75) is 25.9 Å². The third-order valence-corrected chi connectivity index (χ3v) is 6.75. The van der Waals surface area contributed by atoms with E-state index in [1.54, 1.807) is 49.5 Å². The lowest BCUT2D eigenvalue weighted by molar-refractivity contribution is 0.0265. The standard InChI is InChI=1S/C26H25FN4O2/c1-17-7-8-20(27)13-19(17)16-30-9-11-31(12-10-30)26(23-15-28-14-18(2)29-23)24(32)21-5-3-4-6-22(21)25(26)33/h3-8,13-15H,9-12,16H2,1-2H3. The quantitative estimate of drug-likeness (QED) is 0.575. The summed E-state index contributed by atoms with van der Waals surface area (Å²) < 4.78 is 13.7. The molecule has 1 fully saturated rings. The Morgan fingerprint density at radius 2 is 1.61 bits per heavy atom. The number of rotatable bonds is 4. The Hall–Kier alpha value is -3.29. The minimum Gasteiger partial charge on any atom is -0.297 e. The Bertz CT molecular complexity index is 1220. The molecule has 1 saturated heterocycles. The molecule has 0 radical (unpaired) electrons. The molecule has 1 aromatic heterocycles. The van der Waals surface area contributed by atoms with E-state index in [0.717, 1.165) is 11.1 Å². The highest BCUT2D eigenvalue weighted by molar-refractivity contribution is 6.32. The molecule has 2 aliphatic rings.